The first-order chi connectivity index (χ1) is 12.9. The summed E-state index contributed by atoms with van der Waals surface area (Å²) in [5.41, 5.74) is -0.311. The second-order valence-electron chi connectivity index (χ2n) is 5.60. The molecule has 0 aliphatic heterocycles. The number of hydrogen-bond acceptors (Lipinski definition) is 2. The van der Waals surface area contributed by atoms with Gasteiger partial charge in [0.2, 0.25) is 0 Å². The summed E-state index contributed by atoms with van der Waals surface area (Å²) in [5, 5.41) is 4.93. The van der Waals surface area contributed by atoms with Gasteiger partial charge in [-0.25, -0.2) is 4.79 Å². The minimum Gasteiger partial charge on any atom is -0.457 e. The molecule has 0 saturated carbocycles. The lowest BCUT2D eigenvalue weighted by molar-refractivity contribution is -0.137. The van der Waals surface area contributed by atoms with Crippen LogP contribution in [0.15, 0.2) is 78.9 Å². The molecule has 0 radical (unpaired) electrons. The first-order valence-corrected chi connectivity index (χ1v) is 7.98. The van der Waals surface area contributed by atoms with E-state index in [1.54, 1.807) is 24.3 Å². The van der Waals surface area contributed by atoms with Crippen molar-refractivity contribution < 1.29 is 22.7 Å². The molecule has 3 aromatic carbocycles. The molecule has 0 unspecified atom stereocenters. The normalized spacial score (nSPS) is 10.9. The number of ether oxygens (including phenoxy) is 1. The van der Waals surface area contributed by atoms with Crippen LogP contribution in [0.3, 0.4) is 0 Å². The molecule has 0 saturated heterocycles. The van der Waals surface area contributed by atoms with Gasteiger partial charge in [-0.05, 0) is 54.6 Å². The van der Waals surface area contributed by atoms with E-state index in [1.165, 1.54) is 12.1 Å². The quantitative estimate of drug-likeness (QED) is 0.578. The number of carbonyl (C=O) groups excluding carboxylic acids is 1. The zero-order valence-electron chi connectivity index (χ0n) is 14.0. The Morgan fingerprint density at radius 2 is 1.37 bits per heavy atom. The molecule has 4 nitrogen and oxygen atoms in total. The topological polar surface area (TPSA) is 50.4 Å². The predicted octanol–water partition coefficient (Wildman–Crippen LogP) is 6.14. The Bertz CT molecular complexity index is 911. The molecule has 2 N–H and O–H groups in total. The Kier molecular flexibility index (Phi) is 5.30. The second kappa shape index (κ2) is 7.82. The van der Waals surface area contributed by atoms with E-state index < -0.39 is 17.8 Å². The van der Waals surface area contributed by atoms with Crippen LogP contribution in [0.5, 0.6) is 11.5 Å². The summed E-state index contributed by atoms with van der Waals surface area (Å²) < 4.78 is 43.8. The van der Waals surface area contributed by atoms with Gasteiger partial charge in [-0.1, -0.05) is 24.3 Å². The summed E-state index contributed by atoms with van der Waals surface area (Å²) in [7, 11) is 0. The van der Waals surface area contributed by atoms with Crippen LogP contribution >= 0.6 is 0 Å². The minimum absolute atomic E-state index is 0.0476. The molecule has 27 heavy (non-hydrogen) atoms. The van der Waals surface area contributed by atoms with Gasteiger partial charge in [-0.15, -0.1) is 0 Å². The van der Waals surface area contributed by atoms with Crippen molar-refractivity contribution in [3.63, 3.8) is 0 Å². The molecule has 0 spiro atoms. The maximum atomic E-state index is 12.7. The van der Waals surface area contributed by atoms with Crippen molar-refractivity contribution >= 4 is 17.4 Å². The van der Waals surface area contributed by atoms with Crippen LogP contribution in [-0.2, 0) is 6.18 Å². The molecule has 7 heteroatoms. The van der Waals surface area contributed by atoms with Crippen LogP contribution in [0.25, 0.3) is 0 Å². The van der Waals surface area contributed by atoms with E-state index in [0.717, 1.165) is 12.1 Å². The SMILES string of the molecule is O=C(Nc1ccc(Oc2ccccc2)cc1)Nc1cccc(C(F)(F)F)c1. The van der Waals surface area contributed by atoms with Crippen molar-refractivity contribution in [1.29, 1.82) is 0 Å². The number of anilines is 2. The number of hydrogen-bond donors (Lipinski definition) is 2. The molecule has 3 rings (SSSR count). The van der Waals surface area contributed by atoms with Gasteiger partial charge in [0.1, 0.15) is 11.5 Å². The van der Waals surface area contributed by atoms with E-state index in [9.17, 15) is 18.0 Å². The molecule has 3 aromatic rings. The molecule has 0 aliphatic carbocycles. The van der Waals surface area contributed by atoms with Crippen LogP contribution < -0.4 is 15.4 Å². The number of benzene rings is 3. The van der Waals surface area contributed by atoms with Crippen LogP contribution in [0.1, 0.15) is 5.56 Å². The van der Waals surface area contributed by atoms with E-state index in [1.807, 2.05) is 30.3 Å². The van der Waals surface area contributed by atoms with E-state index >= 15 is 0 Å². The third-order valence-corrected chi connectivity index (χ3v) is 3.54. The van der Waals surface area contributed by atoms with Gasteiger partial charge < -0.3 is 15.4 Å². The van der Waals surface area contributed by atoms with Crippen LogP contribution in [0.4, 0.5) is 29.3 Å². The predicted molar refractivity (Wildman–Crippen MR) is 97.0 cm³/mol. The highest BCUT2D eigenvalue weighted by atomic mass is 19.4. The number of amides is 2. The summed E-state index contributed by atoms with van der Waals surface area (Å²) in [5.74, 6) is 1.27. The van der Waals surface area contributed by atoms with Gasteiger partial charge in [0.05, 0.1) is 5.56 Å². The van der Waals surface area contributed by atoms with E-state index in [2.05, 4.69) is 10.6 Å². The minimum atomic E-state index is -4.47. The summed E-state index contributed by atoms with van der Waals surface area (Å²) >= 11 is 0. The van der Waals surface area contributed by atoms with Crippen molar-refractivity contribution in [3.8, 4) is 11.5 Å². The number of para-hydroxylation sites is 1. The van der Waals surface area contributed by atoms with Gasteiger partial charge in [0.15, 0.2) is 0 Å². The second-order valence-corrected chi connectivity index (χ2v) is 5.60. The fourth-order valence-electron chi connectivity index (χ4n) is 2.30. The van der Waals surface area contributed by atoms with Gasteiger partial charge in [-0.2, -0.15) is 13.2 Å². The van der Waals surface area contributed by atoms with Crippen LogP contribution in [-0.4, -0.2) is 6.03 Å². The number of urea groups is 1. The molecular formula is C20H15F3N2O2. The van der Waals surface area contributed by atoms with E-state index in [4.69, 9.17) is 4.74 Å². The number of rotatable bonds is 4. The van der Waals surface area contributed by atoms with Crippen molar-refractivity contribution in [2.45, 2.75) is 6.18 Å². The summed E-state index contributed by atoms with van der Waals surface area (Å²) in [6.45, 7) is 0. The first kappa shape index (κ1) is 18.3. The number of nitrogens with one attached hydrogen (secondary N) is 2. The molecule has 0 atom stereocenters. The lowest BCUT2D eigenvalue weighted by atomic mass is 10.2. The Morgan fingerprint density at radius 3 is 2.04 bits per heavy atom. The fraction of sp³-hybridized carbons (Fsp3) is 0.0500. The van der Waals surface area contributed by atoms with Crippen LogP contribution in [0, 0.1) is 0 Å². The monoisotopic (exact) mass is 372 g/mol. The molecule has 0 aromatic heterocycles. The van der Waals surface area contributed by atoms with Gasteiger partial charge >= 0.3 is 12.2 Å². The fourth-order valence-corrected chi connectivity index (χ4v) is 2.30. The number of halogens is 3. The highest BCUT2D eigenvalue weighted by molar-refractivity contribution is 5.99. The zero-order valence-corrected chi connectivity index (χ0v) is 14.0. The third-order valence-electron chi connectivity index (χ3n) is 3.54. The molecule has 138 valence electrons. The average molecular weight is 372 g/mol. The van der Waals surface area contributed by atoms with Crippen molar-refractivity contribution in [1.82, 2.24) is 0 Å². The lowest BCUT2D eigenvalue weighted by Gasteiger charge is -2.11. The first-order valence-electron chi connectivity index (χ1n) is 7.98. The highest BCUT2D eigenvalue weighted by Gasteiger charge is 2.30. The molecule has 0 fully saturated rings. The summed E-state index contributed by atoms with van der Waals surface area (Å²) in [6.07, 6.45) is -4.47. The molecule has 2 amide bonds. The summed E-state index contributed by atoms with van der Waals surface area (Å²) in [4.78, 5) is 12.0. The Balaban J connectivity index is 1.60. The third kappa shape index (κ3) is 5.24. The van der Waals surface area contributed by atoms with Gasteiger partial charge in [0, 0.05) is 11.4 Å². The van der Waals surface area contributed by atoms with Crippen molar-refractivity contribution in [2.24, 2.45) is 0 Å². The maximum Gasteiger partial charge on any atom is 0.416 e. The zero-order chi connectivity index (χ0) is 19.3. The highest BCUT2D eigenvalue weighted by Crippen LogP contribution is 2.30. The van der Waals surface area contributed by atoms with Crippen LogP contribution in [0.2, 0.25) is 0 Å². The van der Waals surface area contributed by atoms with E-state index in [-0.39, 0.29) is 5.69 Å². The van der Waals surface area contributed by atoms with Crippen molar-refractivity contribution in [2.75, 3.05) is 10.6 Å². The van der Waals surface area contributed by atoms with Gasteiger partial charge in [0.25, 0.3) is 0 Å². The Hall–Kier alpha value is -3.48. The molecule has 0 bridgehead atoms. The standard InChI is InChI=1S/C20H15F3N2O2/c21-20(22,23)14-5-4-6-16(13-14)25-19(26)24-15-9-11-18(12-10-15)27-17-7-2-1-3-8-17/h1-13H,(H2,24,25,26). The molecule has 0 aliphatic rings. The van der Waals surface area contributed by atoms with E-state index in [0.29, 0.717) is 17.2 Å². The average Bonchev–Trinajstić information content (AvgIpc) is 2.64. The number of carbonyl (C=O) groups is 1. The molecule has 0 heterocycles. The smallest absolute Gasteiger partial charge is 0.416 e. The van der Waals surface area contributed by atoms with Crippen molar-refractivity contribution in [3.05, 3.63) is 84.4 Å². The number of alkyl halides is 3. The molecular weight excluding hydrogens is 357 g/mol. The maximum absolute atomic E-state index is 12.7. The Morgan fingerprint density at radius 1 is 0.741 bits per heavy atom. The summed E-state index contributed by atoms with van der Waals surface area (Å²) in [6, 6.07) is 19.6. The van der Waals surface area contributed by atoms with Gasteiger partial charge in [-0.3, -0.25) is 0 Å². The lowest BCUT2D eigenvalue weighted by Crippen LogP contribution is -2.19. The largest absolute Gasteiger partial charge is 0.457 e. The Labute approximate surface area is 153 Å².